The molecule has 5 heteroatoms. The molecule has 1 saturated carbocycles. The van der Waals surface area contributed by atoms with Crippen LogP contribution < -0.4 is 10.6 Å². The van der Waals surface area contributed by atoms with Gasteiger partial charge >= 0.3 is 0 Å². The molecule has 1 saturated heterocycles. The number of benzene rings is 1. The molecule has 24 heavy (non-hydrogen) atoms. The van der Waals surface area contributed by atoms with Gasteiger partial charge in [0.05, 0.1) is 6.04 Å². The number of nitrogens with one attached hydrogen (secondary N) is 2. The monoisotopic (exact) mass is 348 g/mol. The molecule has 4 nitrogen and oxygen atoms in total. The molecular weight excluding hydrogens is 324 g/mol. The van der Waals surface area contributed by atoms with E-state index in [2.05, 4.69) is 10.6 Å². The van der Waals surface area contributed by atoms with E-state index < -0.39 is 0 Å². The molecule has 2 aliphatic carbocycles. The van der Waals surface area contributed by atoms with E-state index in [4.69, 9.17) is 0 Å². The second-order valence-electron chi connectivity index (χ2n) is 7.24. The van der Waals surface area contributed by atoms with E-state index in [9.17, 15) is 9.59 Å². The molecule has 1 amide bonds. The first-order valence-corrected chi connectivity index (χ1v) is 8.94. The number of anilines is 1. The van der Waals surface area contributed by atoms with Crippen molar-refractivity contribution in [3.8, 4) is 0 Å². The van der Waals surface area contributed by atoms with Crippen molar-refractivity contribution in [2.45, 2.75) is 63.5 Å². The topological polar surface area (TPSA) is 58.2 Å². The van der Waals surface area contributed by atoms with Gasteiger partial charge in [0.15, 0.2) is 5.78 Å². The number of Topliss-reactive ketones (excluding diaryl/α,β-unsaturated/α-hetero) is 1. The van der Waals surface area contributed by atoms with Crippen LogP contribution in [0.15, 0.2) is 18.2 Å². The summed E-state index contributed by atoms with van der Waals surface area (Å²) in [6.07, 6.45) is 8.48. The van der Waals surface area contributed by atoms with Gasteiger partial charge in [-0.2, -0.15) is 0 Å². The molecular formula is C19H25ClN2O2. The van der Waals surface area contributed by atoms with Gasteiger partial charge in [-0.1, -0.05) is 18.9 Å². The van der Waals surface area contributed by atoms with Gasteiger partial charge in [0.1, 0.15) is 0 Å². The molecule has 0 aromatic heterocycles. The van der Waals surface area contributed by atoms with E-state index >= 15 is 0 Å². The fourth-order valence-electron chi connectivity index (χ4n) is 4.46. The molecule has 1 heterocycles. The molecule has 2 fully saturated rings. The molecule has 1 aromatic rings. The summed E-state index contributed by atoms with van der Waals surface area (Å²) in [4.78, 5) is 24.6. The van der Waals surface area contributed by atoms with Crippen molar-refractivity contribution in [1.29, 1.82) is 0 Å². The van der Waals surface area contributed by atoms with Crippen molar-refractivity contribution in [3.63, 3.8) is 0 Å². The van der Waals surface area contributed by atoms with E-state index in [1.54, 1.807) is 0 Å². The van der Waals surface area contributed by atoms with Crippen LogP contribution in [0.3, 0.4) is 0 Å². The molecule has 0 radical (unpaired) electrons. The van der Waals surface area contributed by atoms with Crippen molar-refractivity contribution >= 4 is 29.8 Å². The van der Waals surface area contributed by atoms with Crippen molar-refractivity contribution in [1.82, 2.24) is 5.32 Å². The Bertz CT molecular complexity index is 632. The maximum atomic E-state index is 12.5. The predicted octanol–water partition coefficient (Wildman–Crippen LogP) is 3.49. The van der Waals surface area contributed by atoms with E-state index in [-0.39, 0.29) is 30.1 Å². The first kappa shape index (κ1) is 17.4. The summed E-state index contributed by atoms with van der Waals surface area (Å²) >= 11 is 0. The van der Waals surface area contributed by atoms with E-state index in [0.717, 1.165) is 36.1 Å². The quantitative estimate of drug-likeness (QED) is 0.860. The number of hydrogen-bond acceptors (Lipinski definition) is 3. The molecule has 4 rings (SSSR count). The number of carbonyl (C=O) groups is 2. The van der Waals surface area contributed by atoms with Crippen LogP contribution in [-0.4, -0.2) is 23.8 Å². The minimum absolute atomic E-state index is 0. The zero-order valence-corrected chi connectivity index (χ0v) is 14.7. The average Bonchev–Trinajstić information content (AvgIpc) is 3.00. The highest BCUT2D eigenvalue weighted by molar-refractivity contribution is 6.01. The number of rotatable bonds is 2. The van der Waals surface area contributed by atoms with Crippen molar-refractivity contribution < 1.29 is 9.59 Å². The van der Waals surface area contributed by atoms with E-state index in [1.807, 2.05) is 18.2 Å². The fraction of sp³-hybridized carbons (Fsp3) is 0.579. The SMILES string of the molecule is Cl.O=C1CCCc2ccc(NC(=O)C3CC4CCCCC4N3)cc21. The number of halogens is 1. The third-order valence-corrected chi connectivity index (χ3v) is 5.71. The van der Waals surface area contributed by atoms with Gasteiger partial charge in [-0.05, 0) is 55.7 Å². The number of carbonyl (C=O) groups excluding carboxylic acids is 2. The Morgan fingerprint density at radius 3 is 2.79 bits per heavy atom. The summed E-state index contributed by atoms with van der Waals surface area (Å²) in [6, 6.07) is 6.21. The van der Waals surface area contributed by atoms with Gasteiger partial charge in [-0.25, -0.2) is 0 Å². The molecule has 0 bridgehead atoms. The molecule has 1 aromatic carbocycles. The van der Waals surface area contributed by atoms with Crippen molar-refractivity contribution in [2.24, 2.45) is 5.92 Å². The summed E-state index contributed by atoms with van der Waals surface area (Å²) < 4.78 is 0. The van der Waals surface area contributed by atoms with Crippen LogP contribution in [0.25, 0.3) is 0 Å². The number of amides is 1. The van der Waals surface area contributed by atoms with Crippen LogP contribution in [-0.2, 0) is 11.2 Å². The zero-order chi connectivity index (χ0) is 15.8. The van der Waals surface area contributed by atoms with Crippen LogP contribution in [0.4, 0.5) is 5.69 Å². The third-order valence-electron chi connectivity index (χ3n) is 5.71. The summed E-state index contributed by atoms with van der Waals surface area (Å²) in [5.41, 5.74) is 2.66. The third kappa shape index (κ3) is 3.35. The first-order chi connectivity index (χ1) is 11.2. The molecule has 1 aliphatic heterocycles. The standard InChI is InChI=1S/C19H24N2O2.ClH/c22-18-7-3-5-12-8-9-14(11-15(12)18)20-19(23)17-10-13-4-1-2-6-16(13)21-17;/h8-9,11,13,16-17,21H,1-7,10H2,(H,20,23);1H. The second-order valence-corrected chi connectivity index (χ2v) is 7.24. The summed E-state index contributed by atoms with van der Waals surface area (Å²) in [6.45, 7) is 0. The molecule has 2 N–H and O–H groups in total. The average molecular weight is 349 g/mol. The fourth-order valence-corrected chi connectivity index (χ4v) is 4.46. The molecule has 3 unspecified atom stereocenters. The number of hydrogen-bond donors (Lipinski definition) is 2. The molecule has 130 valence electrons. The lowest BCUT2D eigenvalue weighted by molar-refractivity contribution is -0.117. The van der Waals surface area contributed by atoms with E-state index in [0.29, 0.717) is 18.4 Å². The lowest BCUT2D eigenvalue weighted by Gasteiger charge is -2.24. The largest absolute Gasteiger partial charge is 0.325 e. The van der Waals surface area contributed by atoms with Gasteiger partial charge in [-0.15, -0.1) is 12.4 Å². The van der Waals surface area contributed by atoms with Gasteiger partial charge < -0.3 is 10.6 Å². The van der Waals surface area contributed by atoms with Crippen LogP contribution in [0.5, 0.6) is 0 Å². The second kappa shape index (κ2) is 7.24. The Balaban J connectivity index is 0.00000169. The normalized spacial score (nSPS) is 28.5. The van der Waals surface area contributed by atoms with Gasteiger partial charge in [0.2, 0.25) is 5.91 Å². The number of fused-ring (bicyclic) bond motifs is 2. The van der Waals surface area contributed by atoms with Crippen molar-refractivity contribution in [3.05, 3.63) is 29.3 Å². The number of ketones is 1. The number of aryl methyl sites for hydroxylation is 1. The van der Waals surface area contributed by atoms with Gasteiger partial charge in [0, 0.05) is 23.7 Å². The van der Waals surface area contributed by atoms with Gasteiger partial charge in [0.25, 0.3) is 0 Å². The minimum Gasteiger partial charge on any atom is -0.325 e. The maximum absolute atomic E-state index is 12.5. The minimum atomic E-state index is -0.0881. The highest BCUT2D eigenvalue weighted by atomic mass is 35.5. The molecule has 0 spiro atoms. The van der Waals surface area contributed by atoms with Crippen molar-refractivity contribution in [2.75, 3.05) is 5.32 Å². The highest BCUT2D eigenvalue weighted by Crippen LogP contribution is 2.33. The summed E-state index contributed by atoms with van der Waals surface area (Å²) in [5, 5.41) is 6.52. The maximum Gasteiger partial charge on any atom is 0.241 e. The first-order valence-electron chi connectivity index (χ1n) is 8.94. The van der Waals surface area contributed by atoms with Crippen LogP contribution in [0.2, 0.25) is 0 Å². The Labute approximate surface area is 149 Å². The van der Waals surface area contributed by atoms with E-state index in [1.165, 1.54) is 25.7 Å². The molecule has 3 aliphatic rings. The Kier molecular flexibility index (Phi) is 5.26. The smallest absolute Gasteiger partial charge is 0.241 e. The van der Waals surface area contributed by atoms with Crippen LogP contribution in [0.1, 0.15) is 60.9 Å². The summed E-state index contributed by atoms with van der Waals surface area (Å²) in [5.74, 6) is 0.902. The highest BCUT2D eigenvalue weighted by Gasteiger charge is 2.38. The molecule has 3 atom stereocenters. The van der Waals surface area contributed by atoms with Crippen LogP contribution in [0, 0.1) is 5.92 Å². The lowest BCUT2D eigenvalue weighted by atomic mass is 9.85. The Morgan fingerprint density at radius 1 is 1.12 bits per heavy atom. The predicted molar refractivity (Wildman–Crippen MR) is 96.9 cm³/mol. The summed E-state index contributed by atoms with van der Waals surface area (Å²) in [7, 11) is 0. The lowest BCUT2D eigenvalue weighted by Crippen LogP contribution is -2.39. The Hall–Kier alpha value is -1.39. The zero-order valence-electron chi connectivity index (χ0n) is 13.8. The van der Waals surface area contributed by atoms with Crippen LogP contribution >= 0.6 is 12.4 Å². The Morgan fingerprint density at radius 2 is 1.96 bits per heavy atom. The van der Waals surface area contributed by atoms with Gasteiger partial charge in [-0.3, -0.25) is 9.59 Å².